The van der Waals surface area contributed by atoms with Gasteiger partial charge in [0.2, 0.25) is 0 Å². The van der Waals surface area contributed by atoms with E-state index in [1.807, 2.05) is 0 Å². The molecule has 0 bridgehead atoms. The molecule has 134 valence electrons. The summed E-state index contributed by atoms with van der Waals surface area (Å²) in [6, 6.07) is 4.37. The van der Waals surface area contributed by atoms with Crippen LogP contribution in [0.25, 0.3) is 0 Å². The monoisotopic (exact) mass is 347 g/mol. The van der Waals surface area contributed by atoms with E-state index >= 15 is 0 Å². The number of carbonyl (C=O) groups is 1. The molecule has 0 saturated carbocycles. The van der Waals surface area contributed by atoms with Crippen LogP contribution in [0.1, 0.15) is 30.6 Å². The minimum Gasteiger partial charge on any atom is -0.491 e. The average molecular weight is 347 g/mol. The van der Waals surface area contributed by atoms with Gasteiger partial charge in [-0.15, -0.1) is 10.2 Å². The predicted molar refractivity (Wildman–Crippen MR) is 89.9 cm³/mol. The van der Waals surface area contributed by atoms with Crippen LogP contribution in [0.4, 0.5) is 9.18 Å². The number of benzene rings is 1. The number of nitrogens with zero attached hydrogens (tertiary/aromatic N) is 3. The molecule has 25 heavy (non-hydrogen) atoms. The van der Waals surface area contributed by atoms with Gasteiger partial charge < -0.3 is 19.9 Å². The van der Waals surface area contributed by atoms with E-state index in [1.54, 1.807) is 19.1 Å². The molecule has 0 spiro atoms. The van der Waals surface area contributed by atoms with E-state index < -0.39 is 5.82 Å². The number of halogens is 1. The maximum atomic E-state index is 13.8. The van der Waals surface area contributed by atoms with E-state index in [4.69, 9.17) is 4.74 Å². The molecule has 1 aromatic carbocycles. The highest BCUT2D eigenvalue weighted by Crippen LogP contribution is 2.18. The number of urea groups is 1. The second kappa shape index (κ2) is 7.96. The molecule has 0 fully saturated rings. The highest BCUT2D eigenvalue weighted by molar-refractivity contribution is 5.73. The lowest BCUT2D eigenvalue weighted by Gasteiger charge is -2.09. The van der Waals surface area contributed by atoms with Gasteiger partial charge in [0.1, 0.15) is 11.6 Å². The molecule has 1 aromatic heterocycles. The normalized spacial score (nSPS) is 12.7. The summed E-state index contributed by atoms with van der Waals surface area (Å²) in [7, 11) is 0. The SMILES string of the molecule is CCOc1ccc(CNC(=O)NCCc2nnc3n2CCC3)cc1F. The summed E-state index contributed by atoms with van der Waals surface area (Å²) in [6.45, 7) is 3.88. The Hall–Kier alpha value is -2.64. The molecular formula is C17H22FN5O2. The molecule has 2 N–H and O–H groups in total. The van der Waals surface area contributed by atoms with Gasteiger partial charge in [0.25, 0.3) is 0 Å². The van der Waals surface area contributed by atoms with Crippen LogP contribution in [0.15, 0.2) is 18.2 Å². The molecule has 8 heteroatoms. The van der Waals surface area contributed by atoms with Crippen LogP contribution < -0.4 is 15.4 Å². The van der Waals surface area contributed by atoms with Crippen molar-refractivity contribution in [2.24, 2.45) is 0 Å². The van der Waals surface area contributed by atoms with E-state index in [-0.39, 0.29) is 18.3 Å². The van der Waals surface area contributed by atoms with Crippen LogP contribution in [-0.4, -0.2) is 33.9 Å². The third-order valence-corrected chi connectivity index (χ3v) is 4.07. The van der Waals surface area contributed by atoms with E-state index in [2.05, 4.69) is 25.4 Å². The van der Waals surface area contributed by atoms with Crippen molar-refractivity contribution in [3.05, 3.63) is 41.2 Å². The van der Waals surface area contributed by atoms with Crippen LogP contribution in [0, 0.1) is 5.82 Å². The van der Waals surface area contributed by atoms with E-state index in [1.165, 1.54) is 6.07 Å². The first-order valence-corrected chi connectivity index (χ1v) is 8.51. The van der Waals surface area contributed by atoms with Crippen molar-refractivity contribution in [2.75, 3.05) is 13.2 Å². The van der Waals surface area contributed by atoms with E-state index in [0.29, 0.717) is 25.1 Å². The molecule has 0 aliphatic carbocycles. The minimum atomic E-state index is -0.428. The number of amides is 2. The molecule has 0 atom stereocenters. The lowest BCUT2D eigenvalue weighted by molar-refractivity contribution is 0.240. The fraction of sp³-hybridized carbons (Fsp3) is 0.471. The van der Waals surface area contributed by atoms with Gasteiger partial charge in [-0.25, -0.2) is 9.18 Å². The van der Waals surface area contributed by atoms with Gasteiger partial charge in [-0.2, -0.15) is 0 Å². The van der Waals surface area contributed by atoms with Gasteiger partial charge in [0.05, 0.1) is 6.61 Å². The molecule has 3 rings (SSSR count). The number of hydrogen-bond acceptors (Lipinski definition) is 4. The number of fused-ring (bicyclic) bond motifs is 1. The van der Waals surface area contributed by atoms with Gasteiger partial charge in [0, 0.05) is 32.5 Å². The molecule has 2 heterocycles. The van der Waals surface area contributed by atoms with Crippen LogP contribution in [-0.2, 0) is 25.9 Å². The Kier molecular flexibility index (Phi) is 5.47. The summed E-state index contributed by atoms with van der Waals surface area (Å²) in [6.07, 6.45) is 2.71. The standard InChI is InChI=1S/C17H22FN5O2/c1-2-25-14-6-5-12(10-13(14)18)11-20-17(24)19-8-7-16-22-21-15-4-3-9-23(15)16/h5-6,10H,2-4,7-9,11H2,1H3,(H2,19,20,24). The molecule has 1 aliphatic rings. The van der Waals surface area contributed by atoms with Crippen molar-refractivity contribution < 1.29 is 13.9 Å². The van der Waals surface area contributed by atoms with Gasteiger partial charge in [0.15, 0.2) is 11.6 Å². The summed E-state index contributed by atoms with van der Waals surface area (Å²) < 4.78 is 21.0. The zero-order valence-electron chi connectivity index (χ0n) is 14.2. The number of hydrogen-bond donors (Lipinski definition) is 2. The van der Waals surface area contributed by atoms with E-state index in [0.717, 1.165) is 31.0 Å². The van der Waals surface area contributed by atoms with Crippen LogP contribution in [0.2, 0.25) is 0 Å². The van der Waals surface area contributed by atoms with Crippen molar-refractivity contribution in [3.63, 3.8) is 0 Å². The Balaban J connectivity index is 1.41. The Morgan fingerprint density at radius 2 is 2.24 bits per heavy atom. The first-order chi connectivity index (χ1) is 12.2. The maximum absolute atomic E-state index is 13.8. The lowest BCUT2D eigenvalue weighted by atomic mass is 10.2. The molecular weight excluding hydrogens is 325 g/mol. The Morgan fingerprint density at radius 1 is 1.36 bits per heavy atom. The second-order valence-electron chi connectivity index (χ2n) is 5.84. The molecule has 0 unspecified atom stereocenters. The van der Waals surface area contributed by atoms with Crippen LogP contribution in [0.3, 0.4) is 0 Å². The number of ether oxygens (including phenoxy) is 1. The van der Waals surface area contributed by atoms with Crippen molar-refractivity contribution >= 4 is 6.03 Å². The molecule has 0 saturated heterocycles. The van der Waals surface area contributed by atoms with Crippen molar-refractivity contribution in [3.8, 4) is 5.75 Å². The van der Waals surface area contributed by atoms with Crippen LogP contribution in [0.5, 0.6) is 5.75 Å². The fourth-order valence-electron chi connectivity index (χ4n) is 2.86. The van der Waals surface area contributed by atoms with Crippen molar-refractivity contribution in [1.82, 2.24) is 25.4 Å². The Morgan fingerprint density at radius 3 is 3.04 bits per heavy atom. The summed E-state index contributed by atoms with van der Waals surface area (Å²) in [5, 5.41) is 13.8. The Bertz CT molecular complexity index is 747. The van der Waals surface area contributed by atoms with Crippen LogP contribution >= 0.6 is 0 Å². The summed E-state index contributed by atoms with van der Waals surface area (Å²) in [5.74, 6) is 1.72. The molecule has 2 aromatic rings. The van der Waals surface area contributed by atoms with Crippen molar-refractivity contribution in [1.29, 1.82) is 0 Å². The molecule has 1 aliphatic heterocycles. The number of rotatable bonds is 7. The maximum Gasteiger partial charge on any atom is 0.315 e. The van der Waals surface area contributed by atoms with Crippen molar-refractivity contribution in [2.45, 2.75) is 39.3 Å². The molecule has 0 radical (unpaired) electrons. The average Bonchev–Trinajstić information content (AvgIpc) is 3.20. The summed E-state index contributed by atoms with van der Waals surface area (Å²) >= 11 is 0. The van der Waals surface area contributed by atoms with Gasteiger partial charge in [-0.05, 0) is 31.0 Å². The molecule has 7 nitrogen and oxygen atoms in total. The Labute approximate surface area is 145 Å². The third-order valence-electron chi connectivity index (χ3n) is 4.07. The first kappa shape index (κ1) is 17.2. The lowest BCUT2D eigenvalue weighted by Crippen LogP contribution is -2.36. The second-order valence-corrected chi connectivity index (χ2v) is 5.84. The summed E-state index contributed by atoms with van der Waals surface area (Å²) in [4.78, 5) is 11.8. The van der Waals surface area contributed by atoms with Gasteiger partial charge >= 0.3 is 6.03 Å². The zero-order valence-corrected chi connectivity index (χ0v) is 14.2. The molecule has 2 amide bonds. The highest BCUT2D eigenvalue weighted by Gasteiger charge is 2.16. The zero-order chi connectivity index (χ0) is 17.6. The fourth-order valence-corrected chi connectivity index (χ4v) is 2.86. The smallest absolute Gasteiger partial charge is 0.315 e. The summed E-state index contributed by atoms with van der Waals surface area (Å²) in [5.41, 5.74) is 0.673. The van der Waals surface area contributed by atoms with Gasteiger partial charge in [-0.3, -0.25) is 0 Å². The number of aromatic nitrogens is 3. The largest absolute Gasteiger partial charge is 0.491 e. The first-order valence-electron chi connectivity index (χ1n) is 8.51. The minimum absolute atomic E-state index is 0.219. The van der Waals surface area contributed by atoms with E-state index in [9.17, 15) is 9.18 Å². The number of carbonyl (C=O) groups excluding carboxylic acids is 1. The predicted octanol–water partition coefficient (Wildman–Crippen LogP) is 1.80. The number of aryl methyl sites for hydroxylation is 1. The number of nitrogens with one attached hydrogen (secondary N) is 2. The topological polar surface area (TPSA) is 81.1 Å². The quantitative estimate of drug-likeness (QED) is 0.800. The highest BCUT2D eigenvalue weighted by atomic mass is 19.1. The van der Waals surface area contributed by atoms with Gasteiger partial charge in [-0.1, -0.05) is 6.07 Å². The third kappa shape index (κ3) is 4.26.